The van der Waals surface area contributed by atoms with Crippen molar-refractivity contribution in [1.82, 2.24) is 0 Å². The molecular formula is C8H10F2O. The number of carbonyl (C=O) groups is 1. The number of hydrogen-bond acceptors (Lipinski definition) is 1. The number of ketones is 1. The highest BCUT2D eigenvalue weighted by Gasteiger charge is 2.31. The van der Waals surface area contributed by atoms with Gasteiger partial charge in [-0.25, -0.2) is 8.78 Å². The van der Waals surface area contributed by atoms with E-state index in [4.69, 9.17) is 0 Å². The van der Waals surface area contributed by atoms with Crippen molar-refractivity contribution < 1.29 is 13.6 Å². The maximum absolute atomic E-state index is 12.8. The molecule has 1 aliphatic carbocycles. The van der Waals surface area contributed by atoms with Gasteiger partial charge in [-0.05, 0) is 25.0 Å². The van der Waals surface area contributed by atoms with Gasteiger partial charge >= 0.3 is 0 Å². The zero-order chi connectivity index (χ0) is 8.59. The minimum Gasteiger partial charge on any atom is -0.291 e. The van der Waals surface area contributed by atoms with E-state index in [1.54, 1.807) is 0 Å². The molecule has 1 nitrogen and oxygen atoms in total. The quantitative estimate of drug-likeness (QED) is 0.529. The van der Waals surface area contributed by atoms with Gasteiger partial charge in [0.05, 0.1) is 0 Å². The molecule has 0 saturated carbocycles. The molecular weight excluding hydrogens is 150 g/mol. The molecule has 3 heteroatoms. The van der Waals surface area contributed by atoms with Crippen molar-refractivity contribution in [3.8, 4) is 0 Å². The fraction of sp³-hybridized carbons (Fsp3) is 0.625. The lowest BCUT2D eigenvalue weighted by molar-refractivity contribution is -0.121. The molecule has 0 aliphatic heterocycles. The average Bonchev–Trinajstić information content (AvgIpc) is 1.97. The highest BCUT2D eigenvalue weighted by atomic mass is 19.1. The lowest BCUT2D eigenvalue weighted by atomic mass is 9.90. The van der Waals surface area contributed by atoms with E-state index in [0.29, 0.717) is 5.57 Å². The number of hydrogen-bond donors (Lipinski definition) is 0. The van der Waals surface area contributed by atoms with Crippen LogP contribution in [0.25, 0.3) is 0 Å². The second-order valence-corrected chi connectivity index (χ2v) is 2.84. The lowest BCUT2D eigenvalue weighted by Crippen LogP contribution is -2.28. The third-order valence-electron chi connectivity index (χ3n) is 2.13. The zero-order valence-electron chi connectivity index (χ0n) is 6.53. The van der Waals surface area contributed by atoms with Crippen LogP contribution in [0.5, 0.6) is 0 Å². The first-order chi connectivity index (χ1) is 5.04. The van der Waals surface area contributed by atoms with Gasteiger partial charge < -0.3 is 0 Å². The lowest BCUT2D eigenvalue weighted by Gasteiger charge is -2.20. The molecule has 0 radical (unpaired) electrons. The van der Waals surface area contributed by atoms with Gasteiger partial charge in [0.2, 0.25) is 0 Å². The average molecular weight is 160 g/mol. The Morgan fingerprint density at radius 2 is 1.82 bits per heavy atom. The van der Waals surface area contributed by atoms with Crippen molar-refractivity contribution in [3.63, 3.8) is 0 Å². The third kappa shape index (κ3) is 1.32. The Kier molecular flexibility index (Phi) is 2.07. The molecule has 62 valence electrons. The van der Waals surface area contributed by atoms with E-state index in [2.05, 4.69) is 0 Å². The summed E-state index contributed by atoms with van der Waals surface area (Å²) in [5.74, 6) is -0.559. The minimum atomic E-state index is -1.63. The van der Waals surface area contributed by atoms with Gasteiger partial charge in [0.25, 0.3) is 0 Å². The molecule has 0 fully saturated rings. The Morgan fingerprint density at radius 1 is 1.27 bits per heavy atom. The predicted molar refractivity (Wildman–Crippen MR) is 37.8 cm³/mol. The summed E-state index contributed by atoms with van der Waals surface area (Å²) in [6, 6.07) is 0. The van der Waals surface area contributed by atoms with E-state index < -0.39 is 18.1 Å². The first kappa shape index (κ1) is 8.37. The predicted octanol–water partition coefficient (Wildman–Crippen LogP) is 1.97. The molecule has 2 unspecified atom stereocenters. The van der Waals surface area contributed by atoms with Crippen LogP contribution in [0.15, 0.2) is 11.1 Å². The Bertz CT molecular complexity index is 220. The van der Waals surface area contributed by atoms with Crippen LogP contribution in [-0.4, -0.2) is 18.1 Å². The number of Topliss-reactive ketones (excluding diaryl/α,β-unsaturated/α-hetero) is 1. The van der Waals surface area contributed by atoms with Crippen LogP contribution >= 0.6 is 0 Å². The van der Waals surface area contributed by atoms with Gasteiger partial charge in [-0.2, -0.15) is 0 Å². The molecule has 0 spiro atoms. The number of alkyl halides is 2. The Hall–Kier alpha value is -0.730. The second-order valence-electron chi connectivity index (χ2n) is 2.84. The van der Waals surface area contributed by atoms with Crippen LogP contribution in [0.3, 0.4) is 0 Å². The summed E-state index contributed by atoms with van der Waals surface area (Å²) in [5, 5.41) is 0. The summed E-state index contributed by atoms with van der Waals surface area (Å²) in [7, 11) is 0. The van der Waals surface area contributed by atoms with Crippen molar-refractivity contribution in [2.75, 3.05) is 0 Å². The molecule has 0 N–H and O–H groups in total. The van der Waals surface area contributed by atoms with Gasteiger partial charge in [0.15, 0.2) is 12.0 Å². The topological polar surface area (TPSA) is 17.1 Å². The summed E-state index contributed by atoms with van der Waals surface area (Å²) in [6.45, 7) is 3.00. The zero-order valence-corrected chi connectivity index (χ0v) is 6.53. The van der Waals surface area contributed by atoms with E-state index in [-0.39, 0.29) is 12.0 Å². The summed E-state index contributed by atoms with van der Waals surface area (Å²) < 4.78 is 25.4. The van der Waals surface area contributed by atoms with E-state index in [9.17, 15) is 13.6 Å². The van der Waals surface area contributed by atoms with Crippen molar-refractivity contribution in [3.05, 3.63) is 11.1 Å². The largest absolute Gasteiger partial charge is 0.291 e. The van der Waals surface area contributed by atoms with Gasteiger partial charge in [0.1, 0.15) is 6.17 Å². The molecule has 11 heavy (non-hydrogen) atoms. The van der Waals surface area contributed by atoms with Crippen molar-refractivity contribution in [2.24, 2.45) is 0 Å². The highest BCUT2D eigenvalue weighted by Crippen LogP contribution is 2.26. The monoisotopic (exact) mass is 160 g/mol. The van der Waals surface area contributed by atoms with Crippen LogP contribution in [0.4, 0.5) is 8.78 Å². The number of rotatable bonds is 0. The first-order valence-corrected chi connectivity index (χ1v) is 3.53. The Morgan fingerprint density at radius 3 is 2.36 bits per heavy atom. The van der Waals surface area contributed by atoms with Gasteiger partial charge in [-0.3, -0.25) is 4.79 Å². The van der Waals surface area contributed by atoms with E-state index in [0.717, 1.165) is 0 Å². The standard InChI is InChI=1S/C8H10F2O/c1-4-5(2)8(11)7(10)3-6(4)9/h6-7H,3H2,1-2H3. The van der Waals surface area contributed by atoms with Crippen molar-refractivity contribution in [1.29, 1.82) is 0 Å². The molecule has 0 aromatic carbocycles. The van der Waals surface area contributed by atoms with Crippen LogP contribution in [0, 0.1) is 0 Å². The molecule has 0 saturated heterocycles. The molecule has 0 aromatic heterocycles. The molecule has 1 rings (SSSR count). The Labute approximate surface area is 64.1 Å². The fourth-order valence-electron chi connectivity index (χ4n) is 1.13. The van der Waals surface area contributed by atoms with Crippen LogP contribution < -0.4 is 0 Å². The minimum absolute atomic E-state index is 0.247. The van der Waals surface area contributed by atoms with Crippen LogP contribution in [0.1, 0.15) is 20.3 Å². The van der Waals surface area contributed by atoms with Crippen LogP contribution in [0.2, 0.25) is 0 Å². The third-order valence-corrected chi connectivity index (χ3v) is 2.13. The summed E-state index contributed by atoms with van der Waals surface area (Å²) in [4.78, 5) is 10.9. The number of carbonyl (C=O) groups excluding carboxylic acids is 1. The fourth-order valence-corrected chi connectivity index (χ4v) is 1.13. The molecule has 1 aliphatic rings. The first-order valence-electron chi connectivity index (χ1n) is 3.53. The molecule has 0 bridgehead atoms. The van der Waals surface area contributed by atoms with Gasteiger partial charge in [-0.1, -0.05) is 0 Å². The summed E-state index contributed by atoms with van der Waals surface area (Å²) in [5.41, 5.74) is 0.625. The van der Waals surface area contributed by atoms with E-state index >= 15 is 0 Å². The van der Waals surface area contributed by atoms with Crippen LogP contribution in [-0.2, 0) is 4.79 Å². The smallest absolute Gasteiger partial charge is 0.192 e. The summed E-state index contributed by atoms with van der Waals surface area (Å²) in [6.07, 6.45) is -3.21. The summed E-state index contributed by atoms with van der Waals surface area (Å²) >= 11 is 0. The van der Waals surface area contributed by atoms with Crippen molar-refractivity contribution in [2.45, 2.75) is 32.6 Å². The highest BCUT2D eigenvalue weighted by molar-refractivity contribution is 5.99. The normalized spacial score (nSPS) is 32.9. The van der Waals surface area contributed by atoms with E-state index in [1.807, 2.05) is 0 Å². The molecule has 0 heterocycles. The Balaban J connectivity index is 2.98. The van der Waals surface area contributed by atoms with Gasteiger partial charge in [0, 0.05) is 6.42 Å². The maximum atomic E-state index is 12.8. The van der Waals surface area contributed by atoms with E-state index in [1.165, 1.54) is 13.8 Å². The maximum Gasteiger partial charge on any atom is 0.192 e. The molecule has 0 amide bonds. The number of allylic oxidation sites excluding steroid dienone is 2. The molecule has 2 atom stereocenters. The van der Waals surface area contributed by atoms with Gasteiger partial charge in [-0.15, -0.1) is 0 Å². The SMILES string of the molecule is CC1=C(C)C(F)CC(F)C1=O. The molecule has 0 aromatic rings. The van der Waals surface area contributed by atoms with Crippen molar-refractivity contribution >= 4 is 5.78 Å². The number of halogens is 2. The second kappa shape index (κ2) is 2.72.